The number of rotatable bonds is 5. The van der Waals surface area contributed by atoms with Crippen molar-refractivity contribution >= 4 is 16.8 Å². The smallest absolute Gasteiger partial charge is 0.248 e. The van der Waals surface area contributed by atoms with Gasteiger partial charge in [-0.25, -0.2) is 0 Å². The molecule has 1 aliphatic rings. The van der Waals surface area contributed by atoms with E-state index in [0.29, 0.717) is 29.1 Å². The maximum absolute atomic E-state index is 12.3. The van der Waals surface area contributed by atoms with Gasteiger partial charge in [-0.05, 0) is 50.8 Å². The lowest BCUT2D eigenvalue weighted by molar-refractivity contribution is 0.100. The van der Waals surface area contributed by atoms with Crippen LogP contribution in [0.3, 0.4) is 0 Å². The molecule has 1 heterocycles. The maximum atomic E-state index is 12.3. The van der Waals surface area contributed by atoms with Gasteiger partial charge in [0.2, 0.25) is 5.91 Å². The summed E-state index contributed by atoms with van der Waals surface area (Å²) in [6, 6.07) is 6.80. The molecule has 0 spiro atoms. The Morgan fingerprint density at radius 2 is 2.17 bits per heavy atom. The van der Waals surface area contributed by atoms with Gasteiger partial charge in [0.25, 0.3) is 0 Å². The molecular weight excluding hydrogens is 302 g/mol. The fourth-order valence-corrected chi connectivity index (χ4v) is 3.20. The number of hydrogen-bond donors (Lipinski definition) is 3. The van der Waals surface area contributed by atoms with Crippen molar-refractivity contribution in [1.82, 2.24) is 10.3 Å². The fourth-order valence-electron chi connectivity index (χ4n) is 3.20. The molecule has 0 radical (unpaired) electrons. The van der Waals surface area contributed by atoms with Crippen molar-refractivity contribution in [3.63, 3.8) is 0 Å². The lowest BCUT2D eigenvalue weighted by Gasteiger charge is -2.21. The van der Waals surface area contributed by atoms with Gasteiger partial charge in [-0.15, -0.1) is 0 Å². The second-order valence-electron chi connectivity index (χ2n) is 6.41. The summed E-state index contributed by atoms with van der Waals surface area (Å²) in [7, 11) is 0. The minimum Gasteiger partial charge on any atom is -0.366 e. The number of primary amides is 1. The molecule has 4 N–H and O–H groups in total. The van der Waals surface area contributed by atoms with Gasteiger partial charge in [-0.1, -0.05) is 11.6 Å². The fraction of sp³-hybridized carbons (Fsp3) is 0.368. The van der Waals surface area contributed by atoms with Crippen molar-refractivity contribution < 1.29 is 4.79 Å². The highest BCUT2D eigenvalue weighted by Gasteiger charge is 2.12. The number of fused-ring (bicyclic) bond motifs is 1. The number of hydrogen-bond acceptors (Lipinski definition) is 3. The summed E-state index contributed by atoms with van der Waals surface area (Å²) in [5.74, 6) is -0.531. The highest BCUT2D eigenvalue weighted by atomic mass is 16.1. The van der Waals surface area contributed by atoms with E-state index >= 15 is 0 Å². The number of aromatic nitrogens is 1. The first-order chi connectivity index (χ1) is 11.5. The predicted molar refractivity (Wildman–Crippen MR) is 95.9 cm³/mol. The molecule has 24 heavy (non-hydrogen) atoms. The first-order valence-corrected chi connectivity index (χ1v) is 8.42. The van der Waals surface area contributed by atoms with Crippen molar-refractivity contribution in [3.8, 4) is 0 Å². The second-order valence-corrected chi connectivity index (χ2v) is 6.41. The highest BCUT2D eigenvalue weighted by molar-refractivity contribution is 5.96. The number of benzene rings is 1. The molecule has 1 unspecified atom stereocenters. The Labute approximate surface area is 140 Å². The molecule has 0 aliphatic heterocycles. The molecule has 5 nitrogen and oxygen atoms in total. The molecule has 0 saturated heterocycles. The average Bonchev–Trinajstić information content (AvgIpc) is 2.60. The SMILES string of the molecule is CC(NCc1cc(=O)c2cc(C(N)=O)ccc2[nH]1)C1=CCCCC1. The number of carbonyl (C=O) groups is 1. The summed E-state index contributed by atoms with van der Waals surface area (Å²) in [6.45, 7) is 2.76. The van der Waals surface area contributed by atoms with E-state index in [2.05, 4.69) is 23.3 Å². The van der Waals surface area contributed by atoms with E-state index in [9.17, 15) is 9.59 Å². The van der Waals surface area contributed by atoms with E-state index in [4.69, 9.17) is 5.73 Å². The zero-order valence-corrected chi connectivity index (χ0v) is 13.9. The van der Waals surface area contributed by atoms with Crippen LogP contribution in [-0.4, -0.2) is 16.9 Å². The monoisotopic (exact) mass is 325 g/mol. The summed E-state index contributed by atoms with van der Waals surface area (Å²) >= 11 is 0. The van der Waals surface area contributed by atoms with Crippen LogP contribution in [0.2, 0.25) is 0 Å². The van der Waals surface area contributed by atoms with Gasteiger partial charge >= 0.3 is 0 Å². The van der Waals surface area contributed by atoms with Crippen LogP contribution in [0.15, 0.2) is 40.7 Å². The summed E-state index contributed by atoms with van der Waals surface area (Å²) in [6.07, 6.45) is 7.18. The number of H-pyrrole nitrogens is 1. The Morgan fingerprint density at radius 3 is 2.88 bits per heavy atom. The Bertz CT molecular complexity index is 851. The molecule has 1 aromatic carbocycles. The van der Waals surface area contributed by atoms with Crippen LogP contribution in [0.25, 0.3) is 10.9 Å². The molecule has 126 valence electrons. The Morgan fingerprint density at radius 1 is 1.33 bits per heavy atom. The number of aromatic amines is 1. The Balaban J connectivity index is 1.78. The average molecular weight is 325 g/mol. The van der Waals surface area contributed by atoms with Crippen LogP contribution in [0.5, 0.6) is 0 Å². The van der Waals surface area contributed by atoms with Gasteiger partial charge in [-0.3, -0.25) is 9.59 Å². The minimum absolute atomic E-state index is 0.104. The van der Waals surface area contributed by atoms with Crippen LogP contribution in [0, 0.1) is 0 Å². The van der Waals surface area contributed by atoms with Gasteiger partial charge in [-0.2, -0.15) is 0 Å². The van der Waals surface area contributed by atoms with Gasteiger partial charge in [0, 0.05) is 40.8 Å². The number of allylic oxidation sites excluding steroid dienone is 1. The first-order valence-electron chi connectivity index (χ1n) is 8.42. The number of nitrogens with two attached hydrogens (primary N) is 1. The molecule has 1 aliphatic carbocycles. The zero-order chi connectivity index (χ0) is 17.1. The summed E-state index contributed by atoms with van der Waals surface area (Å²) in [4.78, 5) is 26.8. The number of nitrogens with one attached hydrogen (secondary N) is 2. The molecule has 0 saturated carbocycles. The van der Waals surface area contributed by atoms with Crippen molar-refractivity contribution in [3.05, 3.63) is 57.4 Å². The molecule has 0 bridgehead atoms. The lowest BCUT2D eigenvalue weighted by Crippen LogP contribution is -2.29. The normalized spacial score (nSPS) is 16.0. The maximum Gasteiger partial charge on any atom is 0.248 e. The molecule has 2 aromatic rings. The third-order valence-corrected chi connectivity index (χ3v) is 4.65. The van der Waals surface area contributed by atoms with Crippen LogP contribution in [0.4, 0.5) is 0 Å². The van der Waals surface area contributed by atoms with Gasteiger partial charge in [0.05, 0.1) is 0 Å². The van der Waals surface area contributed by atoms with Crippen LogP contribution in [-0.2, 0) is 6.54 Å². The molecule has 0 fully saturated rings. The van der Waals surface area contributed by atoms with Crippen molar-refractivity contribution in [2.75, 3.05) is 0 Å². The first kappa shape index (κ1) is 16.5. The Kier molecular flexibility index (Phi) is 4.81. The third-order valence-electron chi connectivity index (χ3n) is 4.65. The van der Waals surface area contributed by atoms with Gasteiger partial charge in [0.1, 0.15) is 0 Å². The number of pyridine rings is 1. The molecular formula is C19H23N3O2. The zero-order valence-electron chi connectivity index (χ0n) is 13.9. The minimum atomic E-state index is -0.531. The van der Waals surface area contributed by atoms with Crippen molar-refractivity contribution in [1.29, 1.82) is 0 Å². The lowest BCUT2D eigenvalue weighted by atomic mass is 9.95. The van der Waals surface area contributed by atoms with Crippen molar-refractivity contribution in [2.24, 2.45) is 5.73 Å². The Hall–Kier alpha value is -2.40. The highest BCUT2D eigenvalue weighted by Crippen LogP contribution is 2.20. The van der Waals surface area contributed by atoms with Crippen LogP contribution >= 0.6 is 0 Å². The van der Waals surface area contributed by atoms with E-state index in [0.717, 1.165) is 18.5 Å². The van der Waals surface area contributed by atoms with Crippen LogP contribution in [0.1, 0.15) is 48.7 Å². The molecule has 5 heteroatoms. The summed E-state index contributed by atoms with van der Waals surface area (Å²) in [5, 5.41) is 3.96. The predicted octanol–water partition coefficient (Wildman–Crippen LogP) is 2.61. The van der Waals surface area contributed by atoms with Crippen LogP contribution < -0.4 is 16.5 Å². The van der Waals surface area contributed by atoms with Gasteiger partial charge < -0.3 is 16.0 Å². The molecule has 1 aromatic heterocycles. The quantitative estimate of drug-likeness (QED) is 0.738. The largest absolute Gasteiger partial charge is 0.366 e. The van der Waals surface area contributed by atoms with Crippen molar-refractivity contribution in [2.45, 2.75) is 45.2 Å². The number of carbonyl (C=O) groups excluding carboxylic acids is 1. The summed E-state index contributed by atoms with van der Waals surface area (Å²) in [5.41, 5.74) is 8.52. The standard InChI is InChI=1S/C19H23N3O2/c1-12(13-5-3-2-4-6-13)21-11-15-10-18(23)16-9-14(19(20)24)7-8-17(16)22-15/h5,7-10,12,21H,2-4,6,11H2,1H3,(H2,20,24)(H,22,23). The molecule has 1 atom stereocenters. The topological polar surface area (TPSA) is 88.0 Å². The van der Waals surface area contributed by atoms with E-state index in [-0.39, 0.29) is 5.43 Å². The van der Waals surface area contributed by atoms with E-state index < -0.39 is 5.91 Å². The van der Waals surface area contributed by atoms with E-state index in [1.165, 1.54) is 18.4 Å². The summed E-state index contributed by atoms with van der Waals surface area (Å²) < 4.78 is 0. The van der Waals surface area contributed by atoms with Gasteiger partial charge in [0.15, 0.2) is 5.43 Å². The number of amides is 1. The van der Waals surface area contributed by atoms with E-state index in [1.54, 1.807) is 24.3 Å². The second kappa shape index (κ2) is 7.01. The molecule has 3 rings (SSSR count). The van der Waals surface area contributed by atoms with E-state index in [1.807, 2.05) is 0 Å². The molecule has 1 amide bonds. The third kappa shape index (κ3) is 3.57.